The Morgan fingerprint density at radius 2 is 1.94 bits per heavy atom. The SMILES string of the molecule is Cc1noc2c1-c1sc(C#Cc3ccccn3)c(C)c1C(c1ccc(Cl)cc1)=N[C@H]2CC(N)=O. The van der Waals surface area contributed by atoms with Crippen molar-refractivity contribution < 1.29 is 9.32 Å². The van der Waals surface area contributed by atoms with Gasteiger partial charge in [0, 0.05) is 22.3 Å². The Morgan fingerprint density at radius 1 is 1.15 bits per heavy atom. The summed E-state index contributed by atoms with van der Waals surface area (Å²) in [5, 5.41) is 4.81. The largest absolute Gasteiger partial charge is 0.370 e. The predicted octanol–water partition coefficient (Wildman–Crippen LogP) is 5.24. The minimum Gasteiger partial charge on any atom is -0.370 e. The average molecular weight is 487 g/mol. The van der Waals surface area contributed by atoms with Gasteiger partial charge in [0.2, 0.25) is 5.91 Å². The molecule has 0 bridgehead atoms. The molecule has 8 heteroatoms. The number of hydrogen-bond donors (Lipinski definition) is 1. The second kappa shape index (κ2) is 8.90. The van der Waals surface area contributed by atoms with Crippen molar-refractivity contribution in [2.24, 2.45) is 10.7 Å². The van der Waals surface area contributed by atoms with Crippen LogP contribution in [0.4, 0.5) is 0 Å². The summed E-state index contributed by atoms with van der Waals surface area (Å²) in [7, 11) is 0. The first kappa shape index (κ1) is 22.1. The molecule has 2 N–H and O–H groups in total. The van der Waals surface area contributed by atoms with Gasteiger partial charge in [-0.2, -0.15) is 0 Å². The highest BCUT2D eigenvalue weighted by Crippen LogP contribution is 2.46. The zero-order valence-electron chi connectivity index (χ0n) is 18.4. The molecule has 34 heavy (non-hydrogen) atoms. The Bertz CT molecular complexity index is 1490. The maximum Gasteiger partial charge on any atom is 0.220 e. The molecule has 5 rings (SSSR count). The highest BCUT2D eigenvalue weighted by atomic mass is 35.5. The number of aliphatic imine (C=N–C) groups is 1. The van der Waals surface area contributed by atoms with E-state index in [9.17, 15) is 4.79 Å². The molecule has 1 amide bonds. The van der Waals surface area contributed by atoms with Crippen LogP contribution in [-0.4, -0.2) is 21.8 Å². The van der Waals surface area contributed by atoms with E-state index >= 15 is 0 Å². The molecule has 4 heterocycles. The third-order valence-corrected chi connectivity index (χ3v) is 7.05. The summed E-state index contributed by atoms with van der Waals surface area (Å²) in [5.41, 5.74) is 11.4. The Labute approximate surface area is 205 Å². The molecule has 168 valence electrons. The summed E-state index contributed by atoms with van der Waals surface area (Å²) in [6.45, 7) is 3.91. The minimum atomic E-state index is -0.582. The molecular weight excluding hydrogens is 468 g/mol. The van der Waals surface area contributed by atoms with Crippen LogP contribution < -0.4 is 5.73 Å². The van der Waals surface area contributed by atoms with Crippen molar-refractivity contribution in [3.63, 3.8) is 0 Å². The van der Waals surface area contributed by atoms with Crippen LogP contribution in [0.25, 0.3) is 10.4 Å². The number of carbonyl (C=O) groups excluding carboxylic acids is 1. The van der Waals surface area contributed by atoms with E-state index < -0.39 is 11.9 Å². The topological polar surface area (TPSA) is 94.4 Å². The lowest BCUT2D eigenvalue weighted by atomic mass is 9.96. The Morgan fingerprint density at radius 3 is 2.65 bits per heavy atom. The molecule has 0 aliphatic carbocycles. The van der Waals surface area contributed by atoms with Crippen molar-refractivity contribution in [3.8, 4) is 22.3 Å². The van der Waals surface area contributed by atoms with E-state index in [0.29, 0.717) is 16.5 Å². The van der Waals surface area contributed by atoms with Gasteiger partial charge >= 0.3 is 0 Å². The second-order valence-electron chi connectivity index (χ2n) is 7.90. The fourth-order valence-corrected chi connectivity index (χ4v) is 5.37. The van der Waals surface area contributed by atoms with Crippen LogP contribution in [0.5, 0.6) is 0 Å². The number of benzene rings is 1. The van der Waals surface area contributed by atoms with Crippen molar-refractivity contribution in [2.75, 3.05) is 0 Å². The van der Waals surface area contributed by atoms with Gasteiger partial charge in [-0.05, 0) is 55.5 Å². The molecule has 1 aliphatic rings. The number of nitrogens with two attached hydrogens (primary N) is 1. The summed E-state index contributed by atoms with van der Waals surface area (Å²) < 4.78 is 5.69. The zero-order valence-corrected chi connectivity index (χ0v) is 20.0. The predicted molar refractivity (Wildman–Crippen MR) is 133 cm³/mol. The molecule has 1 aliphatic heterocycles. The molecule has 6 nitrogen and oxygen atoms in total. The van der Waals surface area contributed by atoms with Crippen molar-refractivity contribution in [2.45, 2.75) is 26.3 Å². The van der Waals surface area contributed by atoms with Crippen LogP contribution in [-0.2, 0) is 4.79 Å². The monoisotopic (exact) mass is 486 g/mol. The molecule has 0 spiro atoms. The van der Waals surface area contributed by atoms with Gasteiger partial charge in [-0.25, -0.2) is 4.98 Å². The number of aromatic nitrogens is 2. The normalized spacial score (nSPS) is 14.3. The number of hydrogen-bond acceptors (Lipinski definition) is 6. The number of aryl methyl sites for hydroxylation is 1. The van der Waals surface area contributed by atoms with Crippen LogP contribution in [0.2, 0.25) is 5.02 Å². The van der Waals surface area contributed by atoms with Gasteiger partial charge < -0.3 is 10.3 Å². The average Bonchev–Trinajstić information content (AvgIpc) is 3.31. The maximum atomic E-state index is 11.9. The van der Waals surface area contributed by atoms with Gasteiger partial charge in [0.25, 0.3) is 0 Å². The quantitative estimate of drug-likeness (QED) is 0.401. The summed E-state index contributed by atoms with van der Waals surface area (Å²) in [6, 6.07) is 12.5. The summed E-state index contributed by atoms with van der Waals surface area (Å²) in [6.07, 6.45) is 1.73. The highest BCUT2D eigenvalue weighted by molar-refractivity contribution is 7.16. The number of rotatable bonds is 3. The van der Waals surface area contributed by atoms with E-state index in [1.807, 2.05) is 56.3 Å². The van der Waals surface area contributed by atoms with Crippen LogP contribution in [0.3, 0.4) is 0 Å². The van der Waals surface area contributed by atoms with Crippen molar-refractivity contribution in [3.05, 3.63) is 92.4 Å². The fraction of sp³-hybridized carbons (Fsp3) is 0.154. The number of primary amides is 1. The third kappa shape index (κ3) is 4.03. The number of pyridine rings is 1. The van der Waals surface area contributed by atoms with Crippen LogP contribution in [0, 0.1) is 25.7 Å². The first-order valence-electron chi connectivity index (χ1n) is 10.6. The molecule has 0 fully saturated rings. The lowest BCUT2D eigenvalue weighted by molar-refractivity contribution is -0.118. The van der Waals surface area contributed by atoms with Crippen LogP contribution >= 0.6 is 22.9 Å². The Hall–Kier alpha value is -3.73. The first-order valence-corrected chi connectivity index (χ1v) is 11.8. The molecule has 1 aromatic carbocycles. The van der Waals surface area contributed by atoms with E-state index in [1.165, 1.54) is 0 Å². The number of carbonyl (C=O) groups is 1. The number of fused-ring (bicyclic) bond motifs is 3. The van der Waals surface area contributed by atoms with Crippen molar-refractivity contribution >= 4 is 34.6 Å². The Balaban J connectivity index is 1.76. The van der Waals surface area contributed by atoms with E-state index in [-0.39, 0.29) is 6.42 Å². The lowest BCUT2D eigenvalue weighted by Gasteiger charge is -2.11. The number of nitrogens with zero attached hydrogens (tertiary/aromatic N) is 3. The zero-order chi connectivity index (χ0) is 23.8. The summed E-state index contributed by atoms with van der Waals surface area (Å²) in [4.78, 5) is 23.0. The van der Waals surface area contributed by atoms with Crippen LogP contribution in [0.1, 0.15) is 51.2 Å². The maximum absolute atomic E-state index is 11.9. The van der Waals surface area contributed by atoms with E-state index in [4.69, 9.17) is 26.9 Å². The molecule has 1 atom stereocenters. The third-order valence-electron chi connectivity index (χ3n) is 5.57. The highest BCUT2D eigenvalue weighted by Gasteiger charge is 2.34. The molecule has 0 saturated heterocycles. The molecule has 0 radical (unpaired) electrons. The van der Waals surface area contributed by atoms with E-state index in [0.717, 1.165) is 43.4 Å². The molecule has 0 unspecified atom stereocenters. The molecular formula is C26H19ClN4O2S. The number of amides is 1. The van der Waals surface area contributed by atoms with Crippen molar-refractivity contribution in [1.82, 2.24) is 10.1 Å². The van der Waals surface area contributed by atoms with Gasteiger partial charge in [0.05, 0.1) is 33.1 Å². The Kier molecular flexibility index (Phi) is 5.78. The second-order valence-corrected chi connectivity index (χ2v) is 9.36. The number of halogens is 1. The fourth-order valence-electron chi connectivity index (χ4n) is 3.98. The van der Waals surface area contributed by atoms with Gasteiger partial charge in [-0.3, -0.25) is 9.79 Å². The summed E-state index contributed by atoms with van der Waals surface area (Å²) >= 11 is 7.70. The van der Waals surface area contributed by atoms with Gasteiger partial charge in [0.15, 0.2) is 5.76 Å². The summed E-state index contributed by atoms with van der Waals surface area (Å²) in [5.74, 6) is 6.50. The van der Waals surface area contributed by atoms with Gasteiger partial charge in [-0.1, -0.05) is 35.0 Å². The lowest BCUT2D eigenvalue weighted by Crippen LogP contribution is -2.15. The molecule has 4 aromatic rings. The van der Waals surface area contributed by atoms with Gasteiger partial charge in [-0.15, -0.1) is 11.3 Å². The van der Waals surface area contributed by atoms with E-state index in [1.54, 1.807) is 17.5 Å². The standard InChI is InChI=1S/C26H19ClN4O2S/c1-14-20(11-10-18-5-3-4-12-29-18)34-26-22(14)24(16-6-8-17(27)9-7-16)30-19(13-21(28)32)25-23(26)15(2)31-33-25/h3-9,12,19H,13H2,1-2H3,(H2,28,32)/t19-/m0/s1. The first-order chi connectivity index (χ1) is 16.4. The van der Waals surface area contributed by atoms with E-state index in [2.05, 4.69) is 22.0 Å². The molecule has 3 aromatic heterocycles. The molecule has 0 saturated carbocycles. The van der Waals surface area contributed by atoms with Gasteiger partial charge in [0.1, 0.15) is 11.7 Å². The number of thiophene rings is 1. The smallest absolute Gasteiger partial charge is 0.220 e. The minimum absolute atomic E-state index is 0.0129. The van der Waals surface area contributed by atoms with Crippen molar-refractivity contribution in [1.29, 1.82) is 0 Å². The van der Waals surface area contributed by atoms with Crippen LogP contribution in [0.15, 0.2) is 58.2 Å².